The summed E-state index contributed by atoms with van der Waals surface area (Å²) < 4.78 is 1.83. The second-order valence-corrected chi connectivity index (χ2v) is 6.97. The van der Waals surface area contributed by atoms with Crippen molar-refractivity contribution in [1.29, 1.82) is 0 Å². The molecule has 0 aromatic carbocycles. The normalized spacial score (nSPS) is 21.1. The van der Waals surface area contributed by atoms with Gasteiger partial charge in [0.05, 0.1) is 11.9 Å². The zero-order valence-corrected chi connectivity index (χ0v) is 15.0. The van der Waals surface area contributed by atoms with Crippen LogP contribution >= 0.6 is 0 Å². The van der Waals surface area contributed by atoms with Crippen molar-refractivity contribution >= 4 is 17.4 Å². The molecule has 0 bridgehead atoms. The van der Waals surface area contributed by atoms with Crippen LogP contribution in [-0.4, -0.2) is 44.6 Å². The number of hydrogen-bond acceptors (Lipinski definition) is 5. The number of hydrogen-bond donors (Lipinski definition) is 0. The molecule has 1 saturated carbocycles. The van der Waals surface area contributed by atoms with Gasteiger partial charge in [0.2, 0.25) is 11.9 Å². The Bertz CT molecular complexity index is 795. The molecule has 0 spiro atoms. The number of nitrogens with zero attached hydrogens (tertiary/aromatic N) is 6. The molecule has 132 valence electrons. The number of anilines is 2. The summed E-state index contributed by atoms with van der Waals surface area (Å²) in [7, 11) is 1.82. The van der Waals surface area contributed by atoms with E-state index in [0.717, 1.165) is 36.5 Å². The van der Waals surface area contributed by atoms with Crippen molar-refractivity contribution in [1.82, 2.24) is 19.5 Å². The van der Waals surface area contributed by atoms with E-state index in [-0.39, 0.29) is 11.9 Å². The minimum atomic E-state index is -0.145. The van der Waals surface area contributed by atoms with Gasteiger partial charge in [-0.3, -0.25) is 9.36 Å². The molecule has 2 aromatic heterocycles. The van der Waals surface area contributed by atoms with Crippen molar-refractivity contribution in [2.75, 3.05) is 16.8 Å². The van der Waals surface area contributed by atoms with Crippen molar-refractivity contribution in [3.05, 3.63) is 24.4 Å². The number of carbonyl (C=O) groups is 1. The van der Waals surface area contributed by atoms with Crippen LogP contribution in [0.15, 0.2) is 18.7 Å². The van der Waals surface area contributed by atoms with Crippen LogP contribution < -0.4 is 9.80 Å². The smallest absolute Gasteiger partial charge is 0.249 e. The Labute approximate surface area is 147 Å². The quantitative estimate of drug-likeness (QED) is 0.859. The topological polar surface area (TPSA) is 67.2 Å². The maximum Gasteiger partial charge on any atom is 0.249 e. The number of rotatable bonds is 3. The first kappa shape index (κ1) is 16.1. The highest BCUT2D eigenvalue weighted by Gasteiger charge is 2.41. The largest absolute Gasteiger partial charge is 0.340 e. The third-order valence-electron chi connectivity index (χ3n) is 5.34. The van der Waals surface area contributed by atoms with Crippen molar-refractivity contribution in [2.24, 2.45) is 0 Å². The molecule has 0 N–H and O–H groups in total. The molecule has 0 saturated heterocycles. The lowest BCUT2D eigenvalue weighted by Gasteiger charge is -2.43. The average molecular weight is 340 g/mol. The molecule has 1 fully saturated rings. The Kier molecular flexibility index (Phi) is 3.94. The molecule has 2 aromatic rings. The number of aromatic nitrogens is 4. The van der Waals surface area contributed by atoms with Crippen LogP contribution in [0.2, 0.25) is 0 Å². The van der Waals surface area contributed by atoms with E-state index in [4.69, 9.17) is 4.98 Å². The number of imidazole rings is 1. The van der Waals surface area contributed by atoms with Gasteiger partial charge in [-0.25, -0.2) is 9.97 Å². The summed E-state index contributed by atoms with van der Waals surface area (Å²) in [5.74, 6) is 1.61. The molecule has 3 heterocycles. The molecule has 4 rings (SSSR count). The predicted octanol–water partition coefficient (Wildman–Crippen LogP) is 2.47. The fourth-order valence-corrected chi connectivity index (χ4v) is 4.03. The molecular weight excluding hydrogens is 316 g/mol. The van der Waals surface area contributed by atoms with Crippen molar-refractivity contribution in [2.45, 2.75) is 58.0 Å². The number of carbonyl (C=O) groups excluding carboxylic acids is 1. The SMILES string of the molecule is CC[C@@H]1C(=O)N(C)c2cnc(-n3cnc(C)c3)nc2N1C1CCCC1. The lowest BCUT2D eigenvalue weighted by Crippen LogP contribution is -2.55. The fourth-order valence-electron chi connectivity index (χ4n) is 4.03. The monoisotopic (exact) mass is 340 g/mol. The highest BCUT2D eigenvalue weighted by atomic mass is 16.2. The maximum absolute atomic E-state index is 12.9. The fraction of sp³-hybridized carbons (Fsp3) is 0.556. The average Bonchev–Trinajstić information content (AvgIpc) is 3.29. The lowest BCUT2D eigenvalue weighted by atomic mass is 10.0. The summed E-state index contributed by atoms with van der Waals surface area (Å²) in [4.78, 5) is 30.4. The van der Waals surface area contributed by atoms with E-state index in [1.54, 1.807) is 17.4 Å². The second-order valence-electron chi connectivity index (χ2n) is 6.97. The van der Waals surface area contributed by atoms with Gasteiger partial charge < -0.3 is 9.80 Å². The first-order valence-corrected chi connectivity index (χ1v) is 9.04. The van der Waals surface area contributed by atoms with E-state index in [1.165, 1.54) is 12.8 Å². The van der Waals surface area contributed by atoms with E-state index in [1.807, 2.05) is 24.7 Å². The van der Waals surface area contributed by atoms with Crippen LogP contribution in [0.3, 0.4) is 0 Å². The molecule has 1 atom stereocenters. The Morgan fingerprint density at radius 3 is 2.64 bits per heavy atom. The standard InChI is InChI=1S/C18H24N6O/c1-4-14-17(25)22(3)15-9-19-18(23-10-12(2)20-11-23)21-16(15)24(14)13-7-5-6-8-13/h9-11,13-14H,4-8H2,1-3H3/t14-/m1/s1. The minimum Gasteiger partial charge on any atom is -0.340 e. The second kappa shape index (κ2) is 6.13. The third kappa shape index (κ3) is 2.58. The summed E-state index contributed by atoms with van der Waals surface area (Å²) in [6.07, 6.45) is 10.9. The first-order valence-electron chi connectivity index (χ1n) is 9.04. The van der Waals surface area contributed by atoms with Gasteiger partial charge in [-0.05, 0) is 26.2 Å². The Hall–Kier alpha value is -2.44. The Morgan fingerprint density at radius 2 is 2.00 bits per heavy atom. The van der Waals surface area contributed by atoms with Crippen LogP contribution in [0.1, 0.15) is 44.7 Å². The molecular formula is C18H24N6O. The van der Waals surface area contributed by atoms with Gasteiger partial charge in [-0.15, -0.1) is 0 Å². The molecule has 1 aliphatic carbocycles. The summed E-state index contributed by atoms with van der Waals surface area (Å²) in [5.41, 5.74) is 1.72. The molecule has 7 nitrogen and oxygen atoms in total. The van der Waals surface area contributed by atoms with Gasteiger partial charge in [0.1, 0.15) is 18.1 Å². The summed E-state index contributed by atoms with van der Waals surface area (Å²) >= 11 is 0. The van der Waals surface area contributed by atoms with E-state index in [0.29, 0.717) is 12.0 Å². The summed E-state index contributed by atoms with van der Waals surface area (Å²) in [6.45, 7) is 4.02. The molecule has 7 heteroatoms. The maximum atomic E-state index is 12.9. The van der Waals surface area contributed by atoms with Gasteiger partial charge in [-0.2, -0.15) is 4.98 Å². The van der Waals surface area contributed by atoms with Crippen LogP contribution in [0.4, 0.5) is 11.5 Å². The van der Waals surface area contributed by atoms with Crippen molar-refractivity contribution in [3.8, 4) is 5.95 Å². The van der Waals surface area contributed by atoms with Gasteiger partial charge in [0, 0.05) is 19.3 Å². The van der Waals surface area contributed by atoms with E-state index < -0.39 is 0 Å². The number of aryl methyl sites for hydroxylation is 1. The highest BCUT2D eigenvalue weighted by molar-refractivity contribution is 6.04. The van der Waals surface area contributed by atoms with Gasteiger partial charge in [-0.1, -0.05) is 19.8 Å². The van der Waals surface area contributed by atoms with E-state index in [2.05, 4.69) is 21.8 Å². The van der Waals surface area contributed by atoms with Crippen molar-refractivity contribution in [3.63, 3.8) is 0 Å². The third-order valence-corrected chi connectivity index (χ3v) is 5.34. The lowest BCUT2D eigenvalue weighted by molar-refractivity contribution is -0.120. The zero-order chi connectivity index (χ0) is 17.6. The number of fused-ring (bicyclic) bond motifs is 1. The molecule has 2 aliphatic rings. The Balaban J connectivity index is 1.84. The highest BCUT2D eigenvalue weighted by Crippen LogP contribution is 2.39. The van der Waals surface area contributed by atoms with E-state index in [9.17, 15) is 4.79 Å². The Morgan fingerprint density at radius 1 is 1.24 bits per heavy atom. The molecule has 0 radical (unpaired) electrons. The van der Waals surface area contributed by atoms with Crippen LogP contribution in [0.25, 0.3) is 5.95 Å². The number of amides is 1. The number of likely N-dealkylation sites (N-methyl/N-ethyl adjacent to an activating group) is 1. The zero-order valence-electron chi connectivity index (χ0n) is 15.0. The van der Waals surface area contributed by atoms with Gasteiger partial charge in [0.25, 0.3) is 0 Å². The van der Waals surface area contributed by atoms with Crippen LogP contribution in [0, 0.1) is 6.92 Å². The molecule has 25 heavy (non-hydrogen) atoms. The molecule has 1 amide bonds. The van der Waals surface area contributed by atoms with Crippen LogP contribution in [0.5, 0.6) is 0 Å². The molecule has 1 aliphatic heterocycles. The minimum absolute atomic E-state index is 0.136. The van der Waals surface area contributed by atoms with Gasteiger partial charge in [0.15, 0.2) is 5.82 Å². The summed E-state index contributed by atoms with van der Waals surface area (Å²) in [6, 6.07) is 0.237. The first-order chi connectivity index (χ1) is 12.1. The summed E-state index contributed by atoms with van der Waals surface area (Å²) in [5, 5.41) is 0. The van der Waals surface area contributed by atoms with Crippen molar-refractivity contribution < 1.29 is 4.79 Å². The van der Waals surface area contributed by atoms with Gasteiger partial charge >= 0.3 is 0 Å². The predicted molar refractivity (Wildman–Crippen MR) is 96.1 cm³/mol. The van der Waals surface area contributed by atoms with Crippen LogP contribution in [-0.2, 0) is 4.79 Å². The molecule has 0 unspecified atom stereocenters. The van der Waals surface area contributed by atoms with E-state index >= 15 is 0 Å².